The minimum atomic E-state index is -4.81. The summed E-state index contributed by atoms with van der Waals surface area (Å²) in [6, 6.07) is 29.7. The molecule has 0 radical (unpaired) electrons. The Hall–Kier alpha value is -8.29. The van der Waals surface area contributed by atoms with Crippen LogP contribution >= 0.6 is 0 Å². The van der Waals surface area contributed by atoms with Gasteiger partial charge in [0.25, 0.3) is 0 Å². The lowest BCUT2D eigenvalue weighted by atomic mass is 9.95. The van der Waals surface area contributed by atoms with Gasteiger partial charge < -0.3 is 93.3 Å². The van der Waals surface area contributed by atoms with Crippen molar-refractivity contribution in [2.24, 2.45) is 0 Å². The van der Waals surface area contributed by atoms with Gasteiger partial charge in [0, 0.05) is 25.0 Å². The van der Waals surface area contributed by atoms with Crippen LogP contribution in [-0.2, 0) is 86.2 Å². The molecule has 510 valence electrons. The predicted octanol–water partition coefficient (Wildman–Crippen LogP) is 9.31. The maximum Gasteiger partial charge on any atom is 0.416 e. The Kier molecular flexibility index (Phi) is 28.8. The van der Waals surface area contributed by atoms with Crippen LogP contribution in [0, 0.1) is 0 Å². The maximum atomic E-state index is 14.6. The Bertz CT molecular complexity index is 3250. The number of rotatable bonds is 36. The predicted molar refractivity (Wildman–Crippen MR) is 329 cm³/mol. The topological polar surface area (TPSA) is 252 Å². The number of ether oxygens (including phenoxy) is 13. The van der Waals surface area contributed by atoms with E-state index in [1.54, 1.807) is 97.1 Å². The number of hydrogen-bond acceptors (Lipinski definition) is 17. The molecule has 1 aliphatic rings. The van der Waals surface area contributed by atoms with Crippen LogP contribution in [0.25, 0.3) is 0 Å². The van der Waals surface area contributed by atoms with Crippen molar-refractivity contribution in [2.75, 3.05) is 99.0 Å². The van der Waals surface area contributed by atoms with E-state index in [1.807, 2.05) is 0 Å². The first kappa shape index (κ1) is 73.1. The fraction of sp³-hybridized carbons (Fsp3) is 0.409. The molecule has 6 aromatic rings. The second-order valence-corrected chi connectivity index (χ2v) is 21.1. The highest BCUT2D eigenvalue weighted by Crippen LogP contribution is 2.34. The SMILES string of the molecule is COCCOCCOCC(=O)N[C@@H](C(O)COCc1ccc(OC)cc1)[C@@H](CNC(=O)Nc1cccc(C(F)(F)F)c1)O[C@@H]1OC(COCc2ccc(OC)cc2)[C@H](OCc2ccc(OC)cc2)[C@H](OCc2ccc(OC)cc2)C1NC(=O)Nc1cccc(C(F)(F)F)c1. The van der Waals surface area contributed by atoms with E-state index < -0.39 is 110 Å². The van der Waals surface area contributed by atoms with Gasteiger partial charge in [-0.05, 0) is 107 Å². The van der Waals surface area contributed by atoms with Crippen molar-refractivity contribution in [3.8, 4) is 23.0 Å². The van der Waals surface area contributed by atoms with Crippen LogP contribution in [0.3, 0.4) is 0 Å². The number of carbonyl (C=O) groups excluding carboxylic acids is 3. The van der Waals surface area contributed by atoms with Crippen molar-refractivity contribution in [1.82, 2.24) is 16.0 Å². The Morgan fingerprint density at radius 1 is 0.543 bits per heavy atom. The van der Waals surface area contributed by atoms with Crippen LogP contribution in [0.1, 0.15) is 33.4 Å². The Labute approximate surface area is 539 Å². The molecular weight excluding hydrogens is 1250 g/mol. The monoisotopic (exact) mass is 1330 g/mol. The zero-order chi connectivity index (χ0) is 67.5. The van der Waals surface area contributed by atoms with Crippen LogP contribution in [0.2, 0.25) is 0 Å². The number of halogens is 6. The van der Waals surface area contributed by atoms with Crippen molar-refractivity contribution >= 4 is 29.3 Å². The fourth-order valence-corrected chi connectivity index (χ4v) is 9.53. The lowest BCUT2D eigenvalue weighted by Gasteiger charge is -2.47. The minimum Gasteiger partial charge on any atom is -0.497 e. The number of amides is 5. The largest absolute Gasteiger partial charge is 0.497 e. The number of nitrogens with one attached hydrogen (secondary N) is 5. The van der Waals surface area contributed by atoms with Gasteiger partial charge in [-0.25, -0.2) is 9.59 Å². The van der Waals surface area contributed by atoms with E-state index in [4.69, 9.17) is 61.6 Å². The van der Waals surface area contributed by atoms with E-state index in [-0.39, 0.29) is 64.2 Å². The van der Waals surface area contributed by atoms with Crippen LogP contribution in [0.4, 0.5) is 47.3 Å². The number of anilines is 2. The number of aliphatic hydroxyl groups excluding tert-OH is 1. The maximum absolute atomic E-state index is 14.6. The lowest BCUT2D eigenvalue weighted by molar-refractivity contribution is -0.301. The van der Waals surface area contributed by atoms with Crippen molar-refractivity contribution in [3.05, 3.63) is 179 Å². The van der Waals surface area contributed by atoms with E-state index in [1.165, 1.54) is 47.7 Å². The molecular formula is C66H77F6N5O17. The first-order valence-electron chi connectivity index (χ1n) is 29.6. The van der Waals surface area contributed by atoms with Gasteiger partial charge in [0.1, 0.15) is 66.2 Å². The normalized spacial score (nSPS) is 17.4. The Morgan fingerprint density at radius 3 is 1.49 bits per heavy atom. The molecule has 0 saturated carbocycles. The summed E-state index contributed by atoms with van der Waals surface area (Å²) in [7, 11) is 7.50. The summed E-state index contributed by atoms with van der Waals surface area (Å²) in [6.45, 7) is -2.10. The molecule has 0 bridgehead atoms. The summed E-state index contributed by atoms with van der Waals surface area (Å²) in [6.07, 6.45) is -18.8. The molecule has 0 spiro atoms. The number of alkyl halides is 6. The fourth-order valence-electron chi connectivity index (χ4n) is 9.53. The molecule has 1 saturated heterocycles. The number of urea groups is 2. The number of benzene rings is 6. The molecule has 6 N–H and O–H groups in total. The second kappa shape index (κ2) is 37.0. The Morgan fingerprint density at radius 2 is 1.00 bits per heavy atom. The van der Waals surface area contributed by atoms with Crippen molar-refractivity contribution in [3.63, 3.8) is 0 Å². The van der Waals surface area contributed by atoms with Crippen LogP contribution in [-0.4, -0.2) is 160 Å². The van der Waals surface area contributed by atoms with Crippen molar-refractivity contribution in [2.45, 2.75) is 87.7 Å². The molecule has 0 aliphatic carbocycles. The molecule has 3 unspecified atom stereocenters. The summed E-state index contributed by atoms with van der Waals surface area (Å²) in [4.78, 5) is 42.8. The summed E-state index contributed by atoms with van der Waals surface area (Å²) in [5.41, 5.74) is -0.138. The third-order valence-electron chi connectivity index (χ3n) is 14.4. The Balaban J connectivity index is 1.34. The number of methoxy groups -OCH3 is 5. The third-order valence-corrected chi connectivity index (χ3v) is 14.4. The second-order valence-electron chi connectivity index (χ2n) is 21.1. The van der Waals surface area contributed by atoms with E-state index >= 15 is 0 Å². The molecule has 7 rings (SSSR count). The highest BCUT2D eigenvalue weighted by Gasteiger charge is 2.51. The van der Waals surface area contributed by atoms with Crippen molar-refractivity contribution in [1.29, 1.82) is 0 Å². The van der Waals surface area contributed by atoms with E-state index in [2.05, 4.69) is 26.6 Å². The van der Waals surface area contributed by atoms with Gasteiger partial charge >= 0.3 is 24.4 Å². The van der Waals surface area contributed by atoms with Crippen LogP contribution in [0.15, 0.2) is 146 Å². The first-order chi connectivity index (χ1) is 45.2. The molecule has 8 atom stereocenters. The zero-order valence-corrected chi connectivity index (χ0v) is 52.2. The molecule has 1 heterocycles. The van der Waals surface area contributed by atoms with Gasteiger partial charge in [0.15, 0.2) is 6.29 Å². The van der Waals surface area contributed by atoms with Crippen molar-refractivity contribution < 1.29 is 107 Å². The molecule has 28 heteroatoms. The van der Waals surface area contributed by atoms with E-state index in [9.17, 15) is 45.8 Å². The summed E-state index contributed by atoms with van der Waals surface area (Å²) < 4.78 is 162. The highest BCUT2D eigenvalue weighted by molar-refractivity contribution is 5.90. The third kappa shape index (κ3) is 23.6. The highest BCUT2D eigenvalue weighted by atomic mass is 19.4. The molecule has 94 heavy (non-hydrogen) atoms. The smallest absolute Gasteiger partial charge is 0.416 e. The standard InChI is InChI=1S/C66H77F6N5O17/c1-82-28-29-87-30-31-88-41-57(79)76-58(54(78)39-89-35-42-12-20-50(83-2)21-13-42)55(34-73-63(80)74-48-10-6-8-46(32-48)65(67,68)69)93-62-59(77-64(81)75-49-11-7-9-47(33-49)66(70,71)72)61(92-38-45-18-26-53(86-5)27-19-45)60(91-37-44-16-24-52(85-4)25-17-44)56(94-62)40-90-36-43-14-22-51(84-3)23-15-43/h6-27,32-33,54-56,58-62,78H,28-31,34-41H2,1-5H3,(H,76,79)(H2,73,74,80)(H2,75,77,81)/t54?,55-,56?,58+,59?,60+,61-,62-/m1/s1. The van der Waals surface area contributed by atoms with Gasteiger partial charge in [-0.15, -0.1) is 0 Å². The van der Waals surface area contributed by atoms with Gasteiger partial charge in [0.05, 0.1) is 112 Å². The quantitative estimate of drug-likeness (QED) is 0.0158. The number of hydrogen-bond donors (Lipinski definition) is 6. The lowest BCUT2D eigenvalue weighted by Crippen LogP contribution is -2.68. The number of aliphatic hydroxyl groups is 1. The number of carbonyl (C=O) groups is 3. The van der Waals surface area contributed by atoms with E-state index in [0.717, 1.165) is 30.3 Å². The molecule has 6 aromatic carbocycles. The average molecular weight is 1330 g/mol. The molecule has 1 fully saturated rings. The van der Waals surface area contributed by atoms with E-state index in [0.29, 0.717) is 57.9 Å². The first-order valence-corrected chi connectivity index (χ1v) is 29.6. The average Bonchev–Trinajstić information content (AvgIpc) is 0.785. The van der Waals surface area contributed by atoms with Gasteiger partial charge in [-0.2, -0.15) is 26.3 Å². The summed E-state index contributed by atoms with van der Waals surface area (Å²) in [5.74, 6) is 1.36. The van der Waals surface area contributed by atoms with Gasteiger partial charge in [0.2, 0.25) is 5.91 Å². The summed E-state index contributed by atoms with van der Waals surface area (Å²) in [5, 5.41) is 25.3. The summed E-state index contributed by atoms with van der Waals surface area (Å²) >= 11 is 0. The molecule has 0 aromatic heterocycles. The van der Waals surface area contributed by atoms with Crippen LogP contribution < -0.4 is 45.5 Å². The molecule has 1 aliphatic heterocycles. The minimum absolute atomic E-state index is 0.00919. The molecule has 22 nitrogen and oxygen atoms in total. The van der Waals surface area contributed by atoms with Gasteiger partial charge in [-0.3, -0.25) is 4.79 Å². The van der Waals surface area contributed by atoms with Gasteiger partial charge in [-0.1, -0.05) is 60.7 Å². The zero-order valence-electron chi connectivity index (χ0n) is 52.2. The van der Waals surface area contributed by atoms with Crippen LogP contribution in [0.5, 0.6) is 23.0 Å². The molecule has 5 amide bonds.